The quantitative estimate of drug-likeness (QED) is 0.155. The number of carbonyl (C=O) groups excluding carboxylic acids is 2. The van der Waals surface area contributed by atoms with Crippen LogP contribution < -0.4 is 16.2 Å². The molecule has 4 bridgehead atoms. The number of nitrogens with one attached hydrogen (secondary N) is 3. The van der Waals surface area contributed by atoms with Crippen LogP contribution in [0.4, 0.5) is 29.3 Å². The van der Waals surface area contributed by atoms with Gasteiger partial charge < -0.3 is 25.0 Å². The molecule has 7 rings (SSSR count). The number of benzene rings is 3. The van der Waals surface area contributed by atoms with Gasteiger partial charge in [0.05, 0.1) is 6.61 Å². The summed E-state index contributed by atoms with van der Waals surface area (Å²) in [4.78, 5) is 57.2. The van der Waals surface area contributed by atoms with Crippen molar-refractivity contribution < 1.29 is 37.4 Å². The fraction of sp³-hybridized carbons (Fsp3) is 0.229. The highest BCUT2D eigenvalue weighted by Gasteiger charge is 2.38. The molecule has 15 heteroatoms. The summed E-state index contributed by atoms with van der Waals surface area (Å²) in [5.41, 5.74) is 5.52. The minimum Gasteiger partial charge on any atom is -0.475 e. The van der Waals surface area contributed by atoms with Crippen LogP contribution in [-0.2, 0) is 20.9 Å². The first-order valence-corrected chi connectivity index (χ1v) is 16.1. The number of amides is 2. The van der Waals surface area contributed by atoms with Gasteiger partial charge in [-0.05, 0) is 71.0 Å². The molecule has 2 aromatic heterocycles. The number of anilines is 2. The molecule has 0 unspecified atom stereocenters. The molecule has 0 saturated heterocycles. The zero-order chi connectivity index (χ0) is 36.2. The molecule has 0 aliphatic carbocycles. The third kappa shape index (κ3) is 8.29. The van der Waals surface area contributed by atoms with E-state index >= 15 is 0 Å². The first-order chi connectivity index (χ1) is 23.7. The van der Waals surface area contributed by atoms with Crippen molar-refractivity contribution in [1.82, 2.24) is 14.9 Å². The van der Waals surface area contributed by atoms with Crippen molar-refractivity contribution in [3.8, 4) is 10.6 Å². The van der Waals surface area contributed by atoms with Crippen LogP contribution in [-0.4, -0.2) is 57.8 Å². The molecule has 2 atom stereocenters. The zero-order valence-electron chi connectivity index (χ0n) is 27.0. The van der Waals surface area contributed by atoms with Crippen molar-refractivity contribution in [2.45, 2.75) is 38.5 Å². The van der Waals surface area contributed by atoms with Gasteiger partial charge in [0.1, 0.15) is 11.0 Å². The first kappa shape index (κ1) is 35.6. The highest BCUT2D eigenvalue weighted by atomic mass is 32.1. The van der Waals surface area contributed by atoms with Crippen LogP contribution in [0.15, 0.2) is 83.2 Å². The van der Waals surface area contributed by atoms with E-state index in [9.17, 15) is 27.6 Å². The van der Waals surface area contributed by atoms with E-state index in [1.165, 1.54) is 11.3 Å². The van der Waals surface area contributed by atoms with E-state index in [1.807, 2.05) is 73.8 Å². The summed E-state index contributed by atoms with van der Waals surface area (Å²) in [5.74, 6) is -2.97. The number of fused-ring (bicyclic) bond motifs is 10. The molecule has 0 spiro atoms. The molecule has 50 heavy (non-hydrogen) atoms. The molecule has 11 nitrogen and oxygen atoms in total. The number of carboxylic acids is 1. The average molecular weight is 708 g/mol. The van der Waals surface area contributed by atoms with E-state index in [2.05, 4.69) is 20.6 Å². The van der Waals surface area contributed by atoms with Gasteiger partial charge in [0.2, 0.25) is 5.91 Å². The number of aliphatic carboxylic acids is 1. The van der Waals surface area contributed by atoms with E-state index < -0.39 is 24.3 Å². The second-order valence-electron chi connectivity index (χ2n) is 11.6. The Hall–Kier alpha value is -5.70. The number of thiazole rings is 1. The molecule has 0 radical (unpaired) electrons. The van der Waals surface area contributed by atoms with Crippen LogP contribution in [0, 0.1) is 6.92 Å². The SMILES string of the molecule is Cc1cc2ccc1[C@@H](C)COC(=O)Nc1ccc(-c3nccs3)c(c1)CN(C)C(=O)[C@@H]2Nc1ccc2cc[nH]c(=O)c2c1.O=C(O)C(F)(F)F. The zero-order valence-corrected chi connectivity index (χ0v) is 27.8. The summed E-state index contributed by atoms with van der Waals surface area (Å²) in [6, 6.07) is 18.1. The van der Waals surface area contributed by atoms with Gasteiger partial charge in [0.25, 0.3) is 5.56 Å². The molecule has 0 fully saturated rings. The number of H-pyrrole nitrogens is 1. The summed E-state index contributed by atoms with van der Waals surface area (Å²) >= 11 is 1.50. The number of likely N-dealkylation sites (N-methyl/N-ethyl adjacent to an activating group) is 1. The molecular weight excluding hydrogens is 675 g/mol. The lowest BCUT2D eigenvalue weighted by atomic mass is 9.93. The standard InChI is InChI=1S/C33H31N5O4S.C2HF3O2/c1-19-14-22-5-8-26(19)20(2)18-42-33(41)37-24-7-9-27(31-35-12-13-43-31)23(15-24)17-38(3)32(40)29(22)36-25-6-4-21-10-11-34-30(39)28(21)16-25;3-2(4,5)1(6)7/h4-16,20,29,36H,17-18H2,1-3H3,(H,34,39)(H,37,41);(H,6,7)/t20-,29+;/m0./s1. The Morgan fingerprint density at radius 3 is 2.52 bits per heavy atom. The fourth-order valence-corrected chi connectivity index (χ4v) is 6.22. The first-order valence-electron chi connectivity index (χ1n) is 15.2. The number of hydrogen-bond donors (Lipinski definition) is 4. The number of rotatable bonds is 3. The summed E-state index contributed by atoms with van der Waals surface area (Å²) in [7, 11) is 1.76. The average Bonchev–Trinajstić information content (AvgIpc) is 3.61. The Bertz CT molecular complexity index is 2100. The number of aromatic nitrogens is 2. The predicted octanol–water partition coefficient (Wildman–Crippen LogP) is 7.07. The second-order valence-corrected chi connectivity index (χ2v) is 12.5. The third-order valence-corrected chi connectivity index (χ3v) is 8.80. The van der Waals surface area contributed by atoms with Crippen molar-refractivity contribution >= 4 is 51.5 Å². The smallest absolute Gasteiger partial charge is 0.475 e. The van der Waals surface area contributed by atoms with Gasteiger partial charge in [-0.3, -0.25) is 14.9 Å². The van der Waals surface area contributed by atoms with Crippen LogP contribution in [0.2, 0.25) is 0 Å². The van der Waals surface area contributed by atoms with Gasteiger partial charge in [-0.25, -0.2) is 14.6 Å². The van der Waals surface area contributed by atoms with E-state index in [0.717, 1.165) is 38.2 Å². The molecule has 4 heterocycles. The molecule has 5 aromatic rings. The Morgan fingerprint density at radius 2 is 1.84 bits per heavy atom. The Balaban J connectivity index is 0.000000630. The van der Waals surface area contributed by atoms with E-state index in [0.29, 0.717) is 16.8 Å². The van der Waals surface area contributed by atoms with Gasteiger partial charge in [-0.1, -0.05) is 31.2 Å². The van der Waals surface area contributed by atoms with Gasteiger partial charge in [-0.2, -0.15) is 13.2 Å². The number of ether oxygens (including phenoxy) is 1. The maximum absolute atomic E-state index is 14.3. The second kappa shape index (κ2) is 14.8. The number of nitrogens with zero attached hydrogens (tertiary/aromatic N) is 2. The molecule has 4 N–H and O–H groups in total. The van der Waals surface area contributed by atoms with Crippen LogP contribution in [0.3, 0.4) is 0 Å². The summed E-state index contributed by atoms with van der Waals surface area (Å²) in [6.07, 6.45) is -2.26. The van der Waals surface area contributed by atoms with Gasteiger partial charge in [0, 0.05) is 59.6 Å². The van der Waals surface area contributed by atoms with Crippen molar-refractivity contribution in [3.05, 3.63) is 111 Å². The van der Waals surface area contributed by atoms with Crippen molar-refractivity contribution in [2.75, 3.05) is 24.3 Å². The molecule has 3 aromatic carbocycles. The van der Waals surface area contributed by atoms with Crippen LogP contribution in [0.5, 0.6) is 0 Å². The van der Waals surface area contributed by atoms with Crippen molar-refractivity contribution in [2.24, 2.45) is 0 Å². The third-order valence-electron chi connectivity index (χ3n) is 8.00. The molecule has 2 amide bonds. The summed E-state index contributed by atoms with van der Waals surface area (Å²) in [5, 5.41) is 17.4. The van der Waals surface area contributed by atoms with E-state index in [-0.39, 0.29) is 30.5 Å². The monoisotopic (exact) mass is 707 g/mol. The normalized spacial score (nSPS) is 16.6. The molecule has 2 aliphatic rings. The van der Waals surface area contributed by atoms with Crippen LogP contribution >= 0.6 is 11.3 Å². The maximum atomic E-state index is 14.3. The Morgan fingerprint density at radius 1 is 1.08 bits per heavy atom. The largest absolute Gasteiger partial charge is 0.490 e. The lowest BCUT2D eigenvalue weighted by Crippen LogP contribution is -2.35. The molecular formula is C35H32F3N5O6S. The number of aromatic amines is 1. The summed E-state index contributed by atoms with van der Waals surface area (Å²) < 4.78 is 37.3. The minimum absolute atomic E-state index is 0.0625. The summed E-state index contributed by atoms with van der Waals surface area (Å²) in [6.45, 7) is 4.46. The maximum Gasteiger partial charge on any atom is 0.490 e. The fourth-order valence-electron chi connectivity index (χ4n) is 5.52. The Labute approximate surface area is 287 Å². The number of carbonyl (C=O) groups is 3. The number of halogens is 3. The lowest BCUT2D eigenvalue weighted by Gasteiger charge is -2.28. The minimum atomic E-state index is -5.08. The number of pyridine rings is 1. The van der Waals surface area contributed by atoms with Crippen molar-refractivity contribution in [3.63, 3.8) is 0 Å². The number of hydrogen-bond acceptors (Lipinski definition) is 8. The van der Waals surface area contributed by atoms with Crippen LogP contribution in [0.1, 0.15) is 41.1 Å². The lowest BCUT2D eigenvalue weighted by molar-refractivity contribution is -0.192. The van der Waals surface area contributed by atoms with E-state index in [4.69, 9.17) is 14.6 Å². The number of alkyl halides is 3. The number of carboxylic acid groups (broad SMARTS) is 1. The van der Waals surface area contributed by atoms with Gasteiger partial charge in [0.15, 0.2) is 0 Å². The van der Waals surface area contributed by atoms with Crippen molar-refractivity contribution in [1.29, 1.82) is 0 Å². The Kier molecular flexibility index (Phi) is 10.6. The predicted molar refractivity (Wildman–Crippen MR) is 183 cm³/mol. The highest BCUT2D eigenvalue weighted by molar-refractivity contribution is 7.13. The van der Waals surface area contributed by atoms with Gasteiger partial charge in [-0.15, -0.1) is 11.3 Å². The molecule has 0 saturated carbocycles. The van der Waals surface area contributed by atoms with E-state index in [1.54, 1.807) is 30.4 Å². The molecule has 2 aliphatic heterocycles. The van der Waals surface area contributed by atoms with Gasteiger partial charge >= 0.3 is 18.2 Å². The number of aryl methyl sites for hydroxylation is 1. The highest BCUT2D eigenvalue weighted by Crippen LogP contribution is 2.32. The molecule has 260 valence electrons. The topological polar surface area (TPSA) is 154 Å². The van der Waals surface area contributed by atoms with Crippen LogP contribution in [0.25, 0.3) is 21.3 Å².